The highest BCUT2D eigenvalue weighted by atomic mass is 16.5. The molecule has 1 amide bonds. The zero-order valence-corrected chi connectivity index (χ0v) is 19.1. The Labute approximate surface area is 190 Å². The van der Waals surface area contributed by atoms with Crippen LogP contribution in [-0.2, 0) is 4.79 Å². The van der Waals surface area contributed by atoms with Gasteiger partial charge in [-0.15, -0.1) is 0 Å². The van der Waals surface area contributed by atoms with Crippen molar-refractivity contribution in [2.75, 3.05) is 33.9 Å². The van der Waals surface area contributed by atoms with Crippen molar-refractivity contribution in [3.8, 4) is 11.5 Å². The number of rotatable bonds is 8. The molecule has 32 heavy (non-hydrogen) atoms. The molecular weight excluding hydrogens is 400 g/mol. The van der Waals surface area contributed by atoms with Crippen molar-refractivity contribution < 1.29 is 14.3 Å². The third kappa shape index (κ3) is 4.89. The van der Waals surface area contributed by atoms with E-state index in [2.05, 4.69) is 34.5 Å². The van der Waals surface area contributed by atoms with Crippen LogP contribution in [0.1, 0.15) is 42.9 Å². The summed E-state index contributed by atoms with van der Waals surface area (Å²) in [5.41, 5.74) is 2.22. The maximum absolute atomic E-state index is 13.1. The largest absolute Gasteiger partial charge is 0.497 e. The van der Waals surface area contributed by atoms with Gasteiger partial charge in [0, 0.05) is 6.54 Å². The second-order valence-electron chi connectivity index (χ2n) is 8.47. The molecule has 1 fully saturated rings. The maximum atomic E-state index is 13.1. The maximum Gasteiger partial charge on any atom is 0.227 e. The fourth-order valence-corrected chi connectivity index (χ4v) is 4.48. The third-order valence-electron chi connectivity index (χ3n) is 6.52. The zero-order chi connectivity index (χ0) is 22.5. The molecule has 0 radical (unpaired) electrons. The number of methoxy groups -OCH3 is 2. The molecule has 5 nitrogen and oxygen atoms in total. The summed E-state index contributed by atoms with van der Waals surface area (Å²) in [5.74, 6) is 1.51. The van der Waals surface area contributed by atoms with Gasteiger partial charge in [0.15, 0.2) is 0 Å². The molecule has 1 saturated heterocycles. The molecule has 168 valence electrons. The van der Waals surface area contributed by atoms with E-state index in [0.29, 0.717) is 6.54 Å². The molecule has 0 aromatic heterocycles. The van der Waals surface area contributed by atoms with E-state index < -0.39 is 0 Å². The van der Waals surface area contributed by atoms with E-state index in [0.717, 1.165) is 40.9 Å². The van der Waals surface area contributed by atoms with Crippen molar-refractivity contribution in [2.45, 2.75) is 31.7 Å². The first-order chi connectivity index (χ1) is 15.6. The molecule has 1 aliphatic rings. The predicted molar refractivity (Wildman–Crippen MR) is 128 cm³/mol. The normalized spacial score (nSPS) is 16.0. The van der Waals surface area contributed by atoms with Gasteiger partial charge in [-0.25, -0.2) is 0 Å². The highest BCUT2D eigenvalue weighted by molar-refractivity contribution is 5.88. The van der Waals surface area contributed by atoms with Crippen LogP contribution in [0, 0.1) is 0 Å². The van der Waals surface area contributed by atoms with E-state index in [1.165, 1.54) is 18.4 Å². The van der Waals surface area contributed by atoms with Gasteiger partial charge in [-0.3, -0.25) is 9.69 Å². The fourth-order valence-electron chi connectivity index (χ4n) is 4.48. The van der Waals surface area contributed by atoms with Crippen LogP contribution >= 0.6 is 0 Å². The lowest BCUT2D eigenvalue weighted by Gasteiger charge is -2.29. The summed E-state index contributed by atoms with van der Waals surface area (Å²) in [5, 5.41) is 5.43. The number of amides is 1. The number of nitrogens with zero attached hydrogens (tertiary/aromatic N) is 1. The van der Waals surface area contributed by atoms with E-state index >= 15 is 0 Å². The van der Waals surface area contributed by atoms with Crippen molar-refractivity contribution in [3.05, 3.63) is 71.8 Å². The summed E-state index contributed by atoms with van der Waals surface area (Å²) in [6.07, 6.45) is 2.41. The molecule has 0 bridgehead atoms. The first-order valence-electron chi connectivity index (χ1n) is 11.3. The quantitative estimate of drug-likeness (QED) is 0.549. The first-order valence-corrected chi connectivity index (χ1v) is 11.3. The van der Waals surface area contributed by atoms with Gasteiger partial charge in [0.25, 0.3) is 0 Å². The van der Waals surface area contributed by atoms with Crippen molar-refractivity contribution in [1.82, 2.24) is 10.2 Å². The number of nitrogens with one attached hydrogen (secondary N) is 1. The molecule has 0 saturated carbocycles. The van der Waals surface area contributed by atoms with E-state index in [-0.39, 0.29) is 17.9 Å². The molecule has 0 unspecified atom stereocenters. The van der Waals surface area contributed by atoms with Crippen LogP contribution < -0.4 is 14.8 Å². The number of hydrogen-bond donors (Lipinski definition) is 1. The van der Waals surface area contributed by atoms with Gasteiger partial charge in [-0.05, 0) is 79.0 Å². The van der Waals surface area contributed by atoms with Crippen LogP contribution in [0.25, 0.3) is 10.8 Å². The van der Waals surface area contributed by atoms with Crippen LogP contribution in [0.4, 0.5) is 0 Å². The lowest BCUT2D eigenvalue weighted by Crippen LogP contribution is -2.38. The smallest absolute Gasteiger partial charge is 0.227 e. The zero-order valence-electron chi connectivity index (χ0n) is 19.1. The molecule has 0 aliphatic carbocycles. The Bertz CT molecular complexity index is 1060. The van der Waals surface area contributed by atoms with E-state index in [1.807, 2.05) is 43.3 Å². The molecule has 5 heteroatoms. The molecule has 3 aromatic carbocycles. The lowest BCUT2D eigenvalue weighted by molar-refractivity contribution is -0.122. The average molecular weight is 433 g/mol. The van der Waals surface area contributed by atoms with Gasteiger partial charge in [-0.1, -0.05) is 36.4 Å². The molecule has 1 aliphatic heterocycles. The molecule has 3 aromatic rings. The van der Waals surface area contributed by atoms with E-state index in [4.69, 9.17) is 9.47 Å². The molecule has 0 spiro atoms. The van der Waals surface area contributed by atoms with E-state index in [1.54, 1.807) is 14.2 Å². The van der Waals surface area contributed by atoms with Gasteiger partial charge in [-0.2, -0.15) is 0 Å². The Hall–Kier alpha value is -3.05. The highest BCUT2D eigenvalue weighted by Gasteiger charge is 2.25. The minimum absolute atomic E-state index is 0.0515. The van der Waals surface area contributed by atoms with E-state index in [9.17, 15) is 4.79 Å². The van der Waals surface area contributed by atoms with Crippen molar-refractivity contribution >= 4 is 16.7 Å². The molecule has 1 heterocycles. The lowest BCUT2D eigenvalue weighted by atomic mass is 9.96. The number of carbonyl (C=O) groups excluding carboxylic acids is 1. The Kier molecular flexibility index (Phi) is 6.96. The Balaban J connectivity index is 1.46. The van der Waals surface area contributed by atoms with Crippen LogP contribution in [0.2, 0.25) is 0 Å². The Morgan fingerprint density at radius 1 is 0.875 bits per heavy atom. The minimum Gasteiger partial charge on any atom is -0.497 e. The van der Waals surface area contributed by atoms with Crippen LogP contribution in [0.3, 0.4) is 0 Å². The number of fused-ring (bicyclic) bond motifs is 1. The second-order valence-corrected chi connectivity index (χ2v) is 8.47. The van der Waals surface area contributed by atoms with Gasteiger partial charge in [0.2, 0.25) is 5.91 Å². The summed E-state index contributed by atoms with van der Waals surface area (Å²) in [6, 6.07) is 20.6. The molecular formula is C27H32N2O3. The van der Waals surface area contributed by atoms with Gasteiger partial charge < -0.3 is 14.8 Å². The highest BCUT2D eigenvalue weighted by Crippen LogP contribution is 2.28. The molecule has 2 atom stereocenters. The van der Waals surface area contributed by atoms with Crippen molar-refractivity contribution in [3.63, 3.8) is 0 Å². The number of ether oxygens (including phenoxy) is 2. The third-order valence-corrected chi connectivity index (χ3v) is 6.52. The van der Waals surface area contributed by atoms with Crippen LogP contribution in [0.5, 0.6) is 11.5 Å². The summed E-state index contributed by atoms with van der Waals surface area (Å²) in [4.78, 5) is 15.5. The standard InChI is InChI=1S/C27H32N2O3/c1-19(21-6-7-23-17-25(32-3)13-10-22(23)16-21)27(30)28-18-26(29-14-4-5-15-29)20-8-11-24(31-2)12-9-20/h6-13,16-17,19,26H,4-5,14-15,18H2,1-3H3,(H,28,30)/t19-,26-/m1/s1. The summed E-state index contributed by atoms with van der Waals surface area (Å²) in [7, 11) is 3.35. The fraction of sp³-hybridized carbons (Fsp3) is 0.370. The molecule has 1 N–H and O–H groups in total. The second kappa shape index (κ2) is 10.0. The van der Waals surface area contributed by atoms with Crippen molar-refractivity contribution in [1.29, 1.82) is 0 Å². The topological polar surface area (TPSA) is 50.8 Å². The summed E-state index contributed by atoms with van der Waals surface area (Å²) < 4.78 is 10.6. The number of carbonyl (C=O) groups is 1. The van der Waals surface area contributed by atoms with Crippen molar-refractivity contribution in [2.24, 2.45) is 0 Å². The SMILES string of the molecule is COc1ccc([C@@H](CNC(=O)[C@H](C)c2ccc3cc(OC)ccc3c2)N2CCCC2)cc1. The predicted octanol–water partition coefficient (Wildman–Crippen LogP) is 4.91. The molecule has 4 rings (SSSR count). The average Bonchev–Trinajstić information content (AvgIpc) is 3.38. The van der Waals surface area contributed by atoms with Crippen LogP contribution in [0.15, 0.2) is 60.7 Å². The summed E-state index contributed by atoms with van der Waals surface area (Å²) >= 11 is 0. The number of likely N-dealkylation sites (tertiary alicyclic amines) is 1. The van der Waals surface area contributed by atoms with Gasteiger partial charge >= 0.3 is 0 Å². The Morgan fingerprint density at radius 3 is 2.16 bits per heavy atom. The van der Waals surface area contributed by atoms with Gasteiger partial charge in [0.1, 0.15) is 11.5 Å². The Morgan fingerprint density at radius 2 is 1.47 bits per heavy atom. The number of hydrogen-bond acceptors (Lipinski definition) is 4. The van der Waals surface area contributed by atoms with Crippen LogP contribution in [-0.4, -0.2) is 44.7 Å². The number of benzene rings is 3. The monoisotopic (exact) mass is 432 g/mol. The summed E-state index contributed by atoms with van der Waals surface area (Å²) in [6.45, 7) is 4.70. The van der Waals surface area contributed by atoms with Gasteiger partial charge in [0.05, 0.1) is 26.2 Å². The minimum atomic E-state index is -0.225. The first kappa shape index (κ1) is 22.2.